The lowest BCUT2D eigenvalue weighted by atomic mass is 10.3. The molecule has 0 atom stereocenters. The largest absolute Gasteiger partial charge is 0.496 e. The highest BCUT2D eigenvalue weighted by molar-refractivity contribution is 9.10. The molecule has 1 rings (SSSR count). The first-order valence-electron chi connectivity index (χ1n) is 6.04. The fraction of sp³-hybridized carbons (Fsp3) is 0.500. The van der Waals surface area contributed by atoms with Crippen LogP contribution in [0, 0.1) is 0 Å². The first-order valence-corrected chi connectivity index (χ1v) is 8.31. The van der Waals surface area contributed by atoms with E-state index in [0.29, 0.717) is 36.5 Å². The zero-order valence-corrected chi connectivity index (χ0v) is 13.9. The highest BCUT2D eigenvalue weighted by atomic mass is 79.9. The predicted molar refractivity (Wildman–Crippen MR) is 80.6 cm³/mol. The van der Waals surface area contributed by atoms with Crippen molar-refractivity contribution in [1.29, 1.82) is 0 Å². The van der Waals surface area contributed by atoms with Crippen LogP contribution in [0.15, 0.2) is 27.6 Å². The maximum atomic E-state index is 12.0. The van der Waals surface area contributed by atoms with Crippen LogP contribution in [0.1, 0.15) is 0 Å². The van der Waals surface area contributed by atoms with Crippen LogP contribution in [0.5, 0.6) is 5.75 Å². The number of sulfonamides is 1. The fourth-order valence-corrected chi connectivity index (χ4v) is 3.22. The molecular weight excluding hydrogens is 348 g/mol. The van der Waals surface area contributed by atoms with Gasteiger partial charge >= 0.3 is 0 Å². The quantitative estimate of drug-likeness (QED) is 0.637. The number of methoxy groups -OCH3 is 2. The van der Waals surface area contributed by atoms with Gasteiger partial charge in [-0.3, -0.25) is 0 Å². The minimum Gasteiger partial charge on any atom is -0.496 e. The number of rotatable bonds is 9. The predicted octanol–water partition coefficient (Wildman–Crippen LogP) is 0.972. The first-order chi connectivity index (χ1) is 9.51. The van der Waals surface area contributed by atoms with Gasteiger partial charge in [-0.2, -0.15) is 0 Å². The Morgan fingerprint density at radius 2 is 1.95 bits per heavy atom. The van der Waals surface area contributed by atoms with Crippen molar-refractivity contribution in [2.75, 3.05) is 40.5 Å². The normalized spacial score (nSPS) is 11.6. The summed E-state index contributed by atoms with van der Waals surface area (Å²) >= 11 is 3.27. The van der Waals surface area contributed by atoms with Gasteiger partial charge in [0.15, 0.2) is 0 Å². The molecule has 8 heteroatoms. The molecular formula is C12H19BrN2O4S. The van der Waals surface area contributed by atoms with E-state index in [-0.39, 0.29) is 4.90 Å². The Labute approximate surface area is 128 Å². The van der Waals surface area contributed by atoms with Gasteiger partial charge in [-0.1, -0.05) is 0 Å². The van der Waals surface area contributed by atoms with Crippen molar-refractivity contribution in [3.8, 4) is 5.75 Å². The van der Waals surface area contributed by atoms with Crippen molar-refractivity contribution in [2.45, 2.75) is 4.90 Å². The minimum absolute atomic E-state index is 0.196. The minimum atomic E-state index is -3.51. The van der Waals surface area contributed by atoms with Crippen molar-refractivity contribution in [3.63, 3.8) is 0 Å². The van der Waals surface area contributed by atoms with Gasteiger partial charge in [-0.05, 0) is 34.1 Å². The molecule has 0 unspecified atom stereocenters. The molecule has 0 fully saturated rings. The van der Waals surface area contributed by atoms with Gasteiger partial charge in [0, 0.05) is 26.7 Å². The van der Waals surface area contributed by atoms with E-state index in [1.807, 2.05) is 0 Å². The Morgan fingerprint density at radius 1 is 1.20 bits per heavy atom. The molecule has 0 bridgehead atoms. The second-order valence-corrected chi connectivity index (χ2v) is 6.56. The third-order valence-corrected chi connectivity index (χ3v) is 4.59. The van der Waals surface area contributed by atoms with Gasteiger partial charge in [0.05, 0.1) is 23.1 Å². The third-order valence-electron chi connectivity index (χ3n) is 2.51. The molecule has 0 heterocycles. The van der Waals surface area contributed by atoms with Crippen LogP contribution < -0.4 is 14.8 Å². The van der Waals surface area contributed by atoms with Crippen LogP contribution in [0.4, 0.5) is 0 Å². The van der Waals surface area contributed by atoms with Gasteiger partial charge < -0.3 is 14.8 Å². The molecule has 0 spiro atoms. The molecule has 0 saturated carbocycles. The maximum Gasteiger partial charge on any atom is 0.240 e. The lowest BCUT2D eigenvalue weighted by molar-refractivity contribution is 0.199. The molecule has 1 aromatic carbocycles. The zero-order valence-electron chi connectivity index (χ0n) is 11.5. The summed E-state index contributed by atoms with van der Waals surface area (Å²) in [4.78, 5) is 0.196. The number of hydrogen-bond acceptors (Lipinski definition) is 5. The molecule has 20 heavy (non-hydrogen) atoms. The summed E-state index contributed by atoms with van der Waals surface area (Å²) in [6.45, 7) is 2.14. The van der Waals surface area contributed by atoms with E-state index in [1.54, 1.807) is 13.2 Å². The van der Waals surface area contributed by atoms with E-state index >= 15 is 0 Å². The summed E-state index contributed by atoms with van der Waals surface area (Å²) in [6, 6.07) is 4.62. The number of ether oxygens (including phenoxy) is 2. The van der Waals surface area contributed by atoms with E-state index in [9.17, 15) is 8.42 Å². The van der Waals surface area contributed by atoms with E-state index in [2.05, 4.69) is 26.0 Å². The molecule has 0 aromatic heterocycles. The van der Waals surface area contributed by atoms with Crippen LogP contribution in [0.2, 0.25) is 0 Å². The summed E-state index contributed by atoms with van der Waals surface area (Å²) in [5.41, 5.74) is 0. The summed E-state index contributed by atoms with van der Waals surface area (Å²) in [5, 5.41) is 3.06. The Morgan fingerprint density at radius 3 is 2.55 bits per heavy atom. The maximum absolute atomic E-state index is 12.0. The Balaban J connectivity index is 2.54. The summed E-state index contributed by atoms with van der Waals surface area (Å²) < 4.78 is 37.2. The fourth-order valence-electron chi connectivity index (χ4n) is 1.47. The highest BCUT2D eigenvalue weighted by Crippen LogP contribution is 2.27. The van der Waals surface area contributed by atoms with Gasteiger partial charge in [0.2, 0.25) is 10.0 Å². The smallest absolute Gasteiger partial charge is 0.240 e. The molecule has 0 saturated heterocycles. The monoisotopic (exact) mass is 366 g/mol. The lowest BCUT2D eigenvalue weighted by Gasteiger charge is -2.09. The van der Waals surface area contributed by atoms with Crippen LogP contribution in [-0.2, 0) is 14.8 Å². The van der Waals surface area contributed by atoms with Gasteiger partial charge in [-0.15, -0.1) is 0 Å². The molecule has 2 N–H and O–H groups in total. The average molecular weight is 367 g/mol. The zero-order chi connectivity index (χ0) is 15.0. The second-order valence-electron chi connectivity index (χ2n) is 3.94. The third kappa shape index (κ3) is 5.37. The molecule has 0 aliphatic heterocycles. The van der Waals surface area contributed by atoms with E-state index in [1.165, 1.54) is 19.2 Å². The van der Waals surface area contributed by atoms with Crippen molar-refractivity contribution in [3.05, 3.63) is 22.7 Å². The van der Waals surface area contributed by atoms with Gasteiger partial charge in [0.25, 0.3) is 0 Å². The van der Waals surface area contributed by atoms with Crippen molar-refractivity contribution < 1.29 is 17.9 Å². The average Bonchev–Trinajstić information content (AvgIpc) is 2.42. The van der Waals surface area contributed by atoms with Crippen molar-refractivity contribution in [1.82, 2.24) is 10.0 Å². The molecule has 0 aliphatic carbocycles. The molecule has 1 aromatic rings. The Kier molecular flexibility index (Phi) is 7.46. The van der Waals surface area contributed by atoms with Gasteiger partial charge in [0.1, 0.15) is 5.75 Å². The topological polar surface area (TPSA) is 76.7 Å². The van der Waals surface area contributed by atoms with Gasteiger partial charge in [-0.25, -0.2) is 13.1 Å². The molecule has 6 nitrogen and oxygen atoms in total. The molecule has 0 amide bonds. The molecule has 114 valence electrons. The van der Waals surface area contributed by atoms with E-state index in [0.717, 1.165) is 0 Å². The SMILES string of the molecule is COCCNCCNS(=O)(=O)c1ccc(OC)c(Br)c1. The first kappa shape index (κ1) is 17.4. The second kappa shape index (κ2) is 8.58. The van der Waals surface area contributed by atoms with Crippen molar-refractivity contribution in [2.24, 2.45) is 0 Å². The van der Waals surface area contributed by atoms with Crippen molar-refractivity contribution >= 4 is 26.0 Å². The number of nitrogens with one attached hydrogen (secondary N) is 2. The Hall–Kier alpha value is -0.670. The molecule has 0 radical (unpaired) electrons. The highest BCUT2D eigenvalue weighted by Gasteiger charge is 2.15. The van der Waals surface area contributed by atoms with Crippen LogP contribution in [0.3, 0.4) is 0 Å². The van der Waals surface area contributed by atoms with Crippen LogP contribution in [0.25, 0.3) is 0 Å². The summed E-state index contributed by atoms with van der Waals surface area (Å²) in [6.07, 6.45) is 0. The van der Waals surface area contributed by atoms with E-state index < -0.39 is 10.0 Å². The van der Waals surface area contributed by atoms with E-state index in [4.69, 9.17) is 9.47 Å². The van der Waals surface area contributed by atoms with Crippen LogP contribution in [-0.4, -0.2) is 48.9 Å². The number of hydrogen-bond donors (Lipinski definition) is 2. The lowest BCUT2D eigenvalue weighted by Crippen LogP contribution is -2.33. The number of benzene rings is 1. The molecule has 0 aliphatic rings. The Bertz CT molecular complexity index is 522. The summed E-state index contributed by atoms with van der Waals surface area (Å²) in [7, 11) is -0.364. The standard InChI is InChI=1S/C12H19BrN2O4S/c1-18-8-7-14-5-6-15-20(16,17)10-3-4-12(19-2)11(13)9-10/h3-4,9,14-15H,5-8H2,1-2H3. The number of halogens is 1. The van der Waals surface area contributed by atoms with Crippen LogP contribution >= 0.6 is 15.9 Å². The summed E-state index contributed by atoms with van der Waals surface area (Å²) in [5.74, 6) is 0.588.